The second-order valence-corrected chi connectivity index (χ2v) is 14.4. The van der Waals surface area contributed by atoms with Crippen molar-refractivity contribution in [3.05, 3.63) is 108 Å². The number of carbonyl (C=O) groups is 5. The third kappa shape index (κ3) is 11.1. The molecule has 1 aromatic heterocycles. The van der Waals surface area contributed by atoms with Gasteiger partial charge in [-0.3, -0.25) is 19.2 Å². The summed E-state index contributed by atoms with van der Waals surface area (Å²) in [5.41, 5.74) is 6.96. The van der Waals surface area contributed by atoms with E-state index in [0.717, 1.165) is 23.8 Å². The quantitative estimate of drug-likeness (QED) is 0.138. The smallest absolute Gasteiger partial charge is 0.326 e. The third-order valence-electron chi connectivity index (χ3n) is 9.27. The van der Waals surface area contributed by atoms with Crippen molar-refractivity contribution in [2.75, 3.05) is 26.7 Å². The van der Waals surface area contributed by atoms with Crippen LogP contribution < -0.4 is 16.4 Å². The van der Waals surface area contributed by atoms with Crippen LogP contribution in [0.3, 0.4) is 0 Å². The number of nitrogens with two attached hydrogens (primary N) is 1. The van der Waals surface area contributed by atoms with E-state index < -0.39 is 71.9 Å². The second-order valence-electron chi connectivity index (χ2n) is 14.4. The minimum absolute atomic E-state index is 0.0132. The lowest BCUT2D eigenvalue weighted by molar-refractivity contribution is -0.143. The van der Waals surface area contributed by atoms with Crippen molar-refractivity contribution < 1.29 is 43.0 Å². The molecule has 1 aliphatic heterocycles. The van der Waals surface area contributed by atoms with Gasteiger partial charge in [-0.1, -0.05) is 57.2 Å². The molecule has 0 fully saturated rings. The summed E-state index contributed by atoms with van der Waals surface area (Å²) in [7, 11) is 1.48. The highest BCUT2D eigenvalue weighted by atomic mass is 19.1. The summed E-state index contributed by atoms with van der Waals surface area (Å²) in [5.74, 6) is -5.08. The van der Waals surface area contributed by atoms with E-state index in [0.29, 0.717) is 23.4 Å². The van der Waals surface area contributed by atoms with Gasteiger partial charge in [0.15, 0.2) is 0 Å². The van der Waals surface area contributed by atoms with Gasteiger partial charge >= 0.3 is 5.97 Å². The van der Waals surface area contributed by atoms with Crippen molar-refractivity contribution in [3.63, 3.8) is 0 Å². The van der Waals surface area contributed by atoms with Crippen LogP contribution >= 0.6 is 0 Å². The van der Waals surface area contributed by atoms with E-state index in [1.54, 1.807) is 35.5 Å². The highest BCUT2D eigenvalue weighted by molar-refractivity contribution is 5.89. The van der Waals surface area contributed by atoms with Gasteiger partial charge in [0.25, 0.3) is 0 Å². The molecule has 6 N–H and O–H groups in total. The molecule has 0 saturated carbocycles. The first-order valence-corrected chi connectivity index (χ1v) is 17.8. The number of nitrogens with zero attached hydrogens (tertiary/aromatic N) is 3. The number of carbonyl (C=O) groups excluding carboxylic acids is 4. The van der Waals surface area contributed by atoms with Gasteiger partial charge in [0.2, 0.25) is 23.6 Å². The van der Waals surface area contributed by atoms with E-state index in [-0.39, 0.29) is 37.4 Å². The number of rotatable bonds is 17. The maximum Gasteiger partial charge on any atom is 0.326 e. The van der Waals surface area contributed by atoms with E-state index >= 15 is 4.39 Å². The lowest BCUT2D eigenvalue weighted by atomic mass is 9.82. The number of aliphatic hydroxyl groups excluding tert-OH is 1. The van der Waals surface area contributed by atoms with E-state index in [1.165, 1.54) is 11.9 Å². The zero-order valence-electron chi connectivity index (χ0n) is 31.3. The zero-order valence-corrected chi connectivity index (χ0v) is 31.3. The van der Waals surface area contributed by atoms with Gasteiger partial charge in [-0.25, -0.2) is 13.6 Å². The Balaban J connectivity index is 1.64. The number of aliphatic hydroxyl groups is 1. The molecule has 13 nitrogen and oxygen atoms in total. The number of nitrogens with one attached hydrogen (secondary N) is 2. The van der Waals surface area contributed by atoms with E-state index in [4.69, 9.17) is 5.73 Å². The van der Waals surface area contributed by atoms with Crippen molar-refractivity contribution >= 4 is 29.6 Å². The number of benzene rings is 2. The molecule has 0 bridgehead atoms. The number of halogens is 2. The van der Waals surface area contributed by atoms with Crippen LogP contribution in [0.1, 0.15) is 57.3 Å². The number of aliphatic carboxylic acids is 1. The third-order valence-corrected chi connectivity index (χ3v) is 9.27. The fourth-order valence-corrected chi connectivity index (χ4v) is 6.71. The predicted octanol–water partition coefficient (Wildman–Crippen LogP) is 3.49. The maximum absolute atomic E-state index is 15.1. The second kappa shape index (κ2) is 18.5. The summed E-state index contributed by atoms with van der Waals surface area (Å²) in [4.78, 5) is 65.5. The average molecular weight is 763 g/mol. The molecule has 0 aliphatic carbocycles. The molecule has 2 aromatic carbocycles. The summed E-state index contributed by atoms with van der Waals surface area (Å²) in [6.07, 6.45) is 6.03. The molecule has 0 unspecified atom stereocenters. The number of hydrogen-bond acceptors (Lipinski definition) is 7. The van der Waals surface area contributed by atoms with Crippen LogP contribution in [0.5, 0.6) is 0 Å². The van der Waals surface area contributed by atoms with Gasteiger partial charge in [-0.05, 0) is 53.3 Å². The molecule has 0 spiro atoms. The van der Waals surface area contributed by atoms with Crippen LogP contribution in [0.4, 0.5) is 8.78 Å². The van der Waals surface area contributed by atoms with Gasteiger partial charge < -0.3 is 40.9 Å². The fraction of sp³-hybridized carbons (Fsp3) is 0.375. The Kier molecular flexibility index (Phi) is 14.1. The topological polar surface area (TPSA) is 187 Å². The maximum atomic E-state index is 15.1. The van der Waals surface area contributed by atoms with Crippen LogP contribution in [-0.2, 0) is 30.5 Å². The molecule has 3 atom stereocenters. The molecular weight excluding hydrogens is 714 g/mol. The minimum Gasteiger partial charge on any atom is -0.480 e. The average Bonchev–Trinajstić information content (AvgIpc) is 3.53. The molecule has 4 amide bonds. The Hall–Kier alpha value is -5.83. The summed E-state index contributed by atoms with van der Waals surface area (Å²) >= 11 is 0. The molecule has 294 valence electrons. The Morgan fingerprint density at radius 3 is 2.33 bits per heavy atom. The predicted molar refractivity (Wildman–Crippen MR) is 201 cm³/mol. The van der Waals surface area contributed by atoms with E-state index in [2.05, 4.69) is 10.6 Å². The summed E-state index contributed by atoms with van der Waals surface area (Å²) in [5, 5.41) is 24.5. The fourth-order valence-electron chi connectivity index (χ4n) is 6.71. The van der Waals surface area contributed by atoms with E-state index in [1.807, 2.05) is 55.7 Å². The summed E-state index contributed by atoms with van der Waals surface area (Å²) in [6.45, 7) is 5.51. The highest BCUT2D eigenvalue weighted by Gasteiger charge is 2.38. The number of carboxylic acid groups (broad SMARTS) is 1. The van der Waals surface area contributed by atoms with Crippen molar-refractivity contribution in [2.45, 2.75) is 64.7 Å². The van der Waals surface area contributed by atoms with Gasteiger partial charge in [0.1, 0.15) is 30.3 Å². The first-order valence-electron chi connectivity index (χ1n) is 17.8. The Bertz CT molecular complexity index is 1940. The van der Waals surface area contributed by atoms with Crippen LogP contribution in [-0.4, -0.2) is 93.0 Å². The molecule has 4 rings (SSSR count). The molecule has 1 aliphatic rings. The number of allylic oxidation sites excluding steroid dienone is 1. The van der Waals surface area contributed by atoms with Crippen LogP contribution in [0.15, 0.2) is 84.7 Å². The molecule has 0 saturated heterocycles. The van der Waals surface area contributed by atoms with Crippen molar-refractivity contribution in [1.82, 2.24) is 25.0 Å². The normalized spacial score (nSPS) is 14.4. The number of amides is 4. The SMILES string of the molecule is CNC(=O)[C@H](CCN(C(=O)CO)[C@@H](c1cc(-c2cc(F)ccc2F)cn1Cc1ccccc1)C(C)(C)C)N1C=CC(CC(=O)N[C@@H](CC(N)=O)C(=O)O)=CC1. The Morgan fingerprint density at radius 1 is 1.04 bits per heavy atom. The first-order chi connectivity index (χ1) is 26.0. The molecule has 3 aromatic rings. The zero-order chi connectivity index (χ0) is 40.4. The van der Waals surface area contributed by atoms with Crippen molar-refractivity contribution in [2.24, 2.45) is 11.1 Å². The number of likely N-dealkylation sites (N-methyl/N-ethyl adjacent to an activating group) is 1. The van der Waals surface area contributed by atoms with E-state index in [9.17, 15) is 38.6 Å². The summed E-state index contributed by atoms with van der Waals surface area (Å²) in [6, 6.07) is 11.5. The van der Waals surface area contributed by atoms with Gasteiger partial charge in [0.05, 0.1) is 18.9 Å². The van der Waals surface area contributed by atoms with Crippen molar-refractivity contribution in [1.29, 1.82) is 0 Å². The summed E-state index contributed by atoms with van der Waals surface area (Å²) < 4.78 is 31.4. The van der Waals surface area contributed by atoms with Gasteiger partial charge in [0, 0.05) is 55.9 Å². The lowest BCUT2D eigenvalue weighted by Gasteiger charge is -2.42. The highest BCUT2D eigenvalue weighted by Crippen LogP contribution is 2.41. The first kappa shape index (κ1) is 41.9. The van der Waals surface area contributed by atoms with Crippen LogP contribution in [0.25, 0.3) is 11.1 Å². The van der Waals surface area contributed by atoms with Crippen LogP contribution in [0.2, 0.25) is 0 Å². The number of aromatic nitrogens is 1. The minimum atomic E-state index is -1.47. The van der Waals surface area contributed by atoms with Gasteiger partial charge in [-0.15, -0.1) is 0 Å². The van der Waals surface area contributed by atoms with Crippen molar-refractivity contribution in [3.8, 4) is 11.1 Å². The van der Waals surface area contributed by atoms with Crippen LogP contribution in [0, 0.1) is 17.0 Å². The van der Waals surface area contributed by atoms with Gasteiger partial charge in [-0.2, -0.15) is 0 Å². The Morgan fingerprint density at radius 2 is 1.75 bits per heavy atom. The molecule has 0 radical (unpaired) electrons. The number of hydrogen-bond donors (Lipinski definition) is 5. The monoisotopic (exact) mass is 762 g/mol. The standard InChI is InChI=1S/C40H48F2N6O7/c1-40(2,3)37(33-19-27(29-20-28(41)10-11-30(29)42)23-47(33)22-26-8-6-5-7-9-26)48(36(52)24-49)17-14-32(38(53)44-4)46-15-12-25(13-16-46)18-35(51)45-31(39(54)55)21-34(43)50/h5-13,15,19-20,23,31-32,37,49H,14,16-18,21-22,24H2,1-4H3,(H2,43,50)(H,44,53)(H,45,51)(H,54,55)/t31-,32-,37-/m0/s1. The Labute approximate surface area is 318 Å². The number of carboxylic acids is 1. The molecule has 15 heteroatoms. The molecule has 55 heavy (non-hydrogen) atoms. The lowest BCUT2D eigenvalue weighted by Crippen LogP contribution is -2.49. The molecule has 2 heterocycles. The number of primary amides is 1. The molecular formula is C40H48F2N6O7. The largest absolute Gasteiger partial charge is 0.480 e.